The van der Waals surface area contributed by atoms with Crippen molar-refractivity contribution in [2.24, 2.45) is 7.05 Å². The van der Waals surface area contributed by atoms with Gasteiger partial charge >= 0.3 is 0 Å². The van der Waals surface area contributed by atoms with Gasteiger partial charge in [-0.15, -0.1) is 11.8 Å². The van der Waals surface area contributed by atoms with E-state index in [9.17, 15) is 9.59 Å². The van der Waals surface area contributed by atoms with Crippen LogP contribution < -0.4 is 9.80 Å². The van der Waals surface area contributed by atoms with Crippen LogP contribution in [0.5, 0.6) is 0 Å². The van der Waals surface area contributed by atoms with Crippen molar-refractivity contribution in [2.45, 2.75) is 49.3 Å². The van der Waals surface area contributed by atoms with Crippen molar-refractivity contribution in [1.29, 1.82) is 0 Å². The second-order valence-corrected chi connectivity index (χ2v) is 13.3. The minimum absolute atomic E-state index is 0.0196. The van der Waals surface area contributed by atoms with Gasteiger partial charge in [-0.05, 0) is 48.2 Å². The van der Waals surface area contributed by atoms with Crippen LogP contribution in [0.3, 0.4) is 0 Å². The lowest BCUT2D eigenvalue weighted by molar-refractivity contribution is -0.122. The quantitative estimate of drug-likeness (QED) is 0.224. The Morgan fingerprint density at radius 1 is 1.07 bits per heavy atom. The van der Waals surface area contributed by atoms with Crippen LogP contribution in [-0.4, -0.2) is 62.9 Å². The molecule has 1 aliphatic carbocycles. The number of anilines is 2. The third kappa shape index (κ3) is 5.51. The van der Waals surface area contributed by atoms with Crippen LogP contribution in [0.4, 0.5) is 11.4 Å². The molecule has 1 amide bonds. The third-order valence-electron chi connectivity index (χ3n) is 7.81. The lowest BCUT2D eigenvalue weighted by Gasteiger charge is -2.39. The maximum Gasteiger partial charge on any atom is 0.245 e. The van der Waals surface area contributed by atoms with Crippen molar-refractivity contribution in [3.05, 3.63) is 69.5 Å². The van der Waals surface area contributed by atoms with Gasteiger partial charge in [0.15, 0.2) is 10.9 Å². The molecule has 0 spiro atoms. The highest BCUT2D eigenvalue weighted by molar-refractivity contribution is 7.99. The summed E-state index contributed by atoms with van der Waals surface area (Å²) in [7, 11) is 1.83. The molecule has 1 saturated carbocycles. The number of para-hydroxylation sites is 2. The highest BCUT2D eigenvalue weighted by Crippen LogP contribution is 2.41. The summed E-state index contributed by atoms with van der Waals surface area (Å²) in [5, 5.41) is 2.01. The zero-order valence-corrected chi connectivity index (χ0v) is 25.6. The van der Waals surface area contributed by atoms with E-state index in [-0.39, 0.29) is 17.7 Å². The average Bonchev–Trinajstić information content (AvgIpc) is 3.57. The molecule has 40 heavy (non-hydrogen) atoms. The van der Waals surface area contributed by atoms with Crippen LogP contribution in [0.1, 0.15) is 41.4 Å². The normalized spacial score (nSPS) is 19.2. The Morgan fingerprint density at radius 2 is 1.80 bits per heavy atom. The molecular formula is C29H31Cl2N5O2S2. The predicted octanol–water partition coefficient (Wildman–Crippen LogP) is 6.11. The van der Waals surface area contributed by atoms with Gasteiger partial charge in [-0.3, -0.25) is 14.5 Å². The molecule has 2 aromatic carbocycles. The molecule has 210 valence electrons. The van der Waals surface area contributed by atoms with Gasteiger partial charge in [-0.25, -0.2) is 4.98 Å². The summed E-state index contributed by atoms with van der Waals surface area (Å²) >= 11 is 16.8. The molecule has 11 heteroatoms. The number of rotatable bonds is 8. The summed E-state index contributed by atoms with van der Waals surface area (Å²) < 4.78 is 1.79. The molecule has 6 rings (SSSR count). The van der Waals surface area contributed by atoms with E-state index >= 15 is 0 Å². The van der Waals surface area contributed by atoms with E-state index in [0.717, 1.165) is 40.1 Å². The molecule has 0 radical (unpaired) electrons. The van der Waals surface area contributed by atoms with Gasteiger partial charge in [-0.1, -0.05) is 47.1 Å². The van der Waals surface area contributed by atoms with E-state index in [0.29, 0.717) is 40.6 Å². The minimum Gasteiger partial charge on any atom is -0.365 e. The number of imidazole rings is 1. The zero-order valence-electron chi connectivity index (χ0n) is 22.5. The average molecular weight is 617 g/mol. The number of Topliss-reactive ketones (excluding diaryl/α,β-unsaturated/α-hetero) is 1. The first-order valence-corrected chi connectivity index (χ1v) is 16.3. The second kappa shape index (κ2) is 11.6. The van der Waals surface area contributed by atoms with Crippen molar-refractivity contribution >= 4 is 69.8 Å². The van der Waals surface area contributed by atoms with E-state index in [4.69, 9.17) is 23.2 Å². The third-order valence-corrected chi connectivity index (χ3v) is 10.7. The number of nitrogens with zero attached hydrogens (tertiary/aromatic N) is 5. The molecule has 3 aliphatic rings. The number of carbonyl (C=O) groups excluding carboxylic acids is 2. The van der Waals surface area contributed by atoms with Crippen LogP contribution in [0.25, 0.3) is 0 Å². The van der Waals surface area contributed by atoms with Gasteiger partial charge in [0.1, 0.15) is 5.69 Å². The number of hydrogen-bond acceptors (Lipinski definition) is 7. The number of thioether (sulfide) groups is 2. The first kappa shape index (κ1) is 28.0. The fraction of sp³-hybridized carbons (Fsp3) is 0.414. The monoisotopic (exact) mass is 615 g/mol. The summed E-state index contributed by atoms with van der Waals surface area (Å²) in [4.78, 5) is 36.7. The van der Waals surface area contributed by atoms with Gasteiger partial charge < -0.3 is 14.4 Å². The lowest BCUT2D eigenvalue weighted by Crippen LogP contribution is -2.52. The lowest BCUT2D eigenvalue weighted by atomic mass is 10.1. The Bertz CT molecular complexity index is 1460. The first-order chi connectivity index (χ1) is 19.3. The number of benzene rings is 2. The number of carbonyl (C=O) groups is 2. The van der Waals surface area contributed by atoms with Crippen LogP contribution in [0.2, 0.25) is 10.0 Å². The van der Waals surface area contributed by atoms with Crippen LogP contribution in [0.15, 0.2) is 47.8 Å². The van der Waals surface area contributed by atoms with Crippen molar-refractivity contribution in [2.75, 3.05) is 34.5 Å². The fourth-order valence-corrected chi connectivity index (χ4v) is 8.20. The Kier molecular flexibility index (Phi) is 8.12. The number of amides is 1. The summed E-state index contributed by atoms with van der Waals surface area (Å²) in [5.74, 6) is 2.24. The molecule has 0 bridgehead atoms. The molecule has 1 atom stereocenters. The van der Waals surface area contributed by atoms with Gasteiger partial charge in [0, 0.05) is 67.1 Å². The Morgan fingerprint density at radius 3 is 2.52 bits per heavy atom. The number of hydrogen-bond donors (Lipinski definition) is 0. The molecule has 1 aromatic heterocycles. The molecule has 0 N–H and O–H groups in total. The largest absolute Gasteiger partial charge is 0.365 e. The van der Waals surface area contributed by atoms with Gasteiger partial charge in [0.05, 0.1) is 23.6 Å². The highest BCUT2D eigenvalue weighted by atomic mass is 35.5. The molecule has 3 aromatic rings. The molecule has 3 heterocycles. The molecule has 2 aliphatic heterocycles. The summed E-state index contributed by atoms with van der Waals surface area (Å²) in [5.41, 5.74) is 4.58. The number of fused-ring (bicyclic) bond motifs is 1. The molecule has 0 unspecified atom stereocenters. The van der Waals surface area contributed by atoms with Crippen molar-refractivity contribution in [3.8, 4) is 0 Å². The van der Waals surface area contributed by atoms with Gasteiger partial charge in [0.2, 0.25) is 5.91 Å². The SMILES string of the molecule is CC(=O)c1cnc(SCc2cc(Cl)c(CN3CSC[C@H]3C(=O)N3CCN(C4CC4)c4ccccc43)cc2Cl)n1C. The number of halogens is 2. The first-order valence-electron chi connectivity index (χ1n) is 13.4. The number of aromatic nitrogens is 2. The Labute approximate surface area is 253 Å². The van der Waals surface area contributed by atoms with E-state index in [1.165, 1.54) is 37.2 Å². The topological polar surface area (TPSA) is 61.7 Å². The Hall–Kier alpha value is -2.17. The van der Waals surface area contributed by atoms with Crippen LogP contribution >= 0.6 is 46.7 Å². The summed E-state index contributed by atoms with van der Waals surface area (Å²) in [6.07, 6.45) is 4.07. The predicted molar refractivity (Wildman–Crippen MR) is 165 cm³/mol. The maximum absolute atomic E-state index is 13.9. The summed E-state index contributed by atoms with van der Waals surface area (Å²) in [6.45, 7) is 3.68. The molecule has 7 nitrogen and oxygen atoms in total. The minimum atomic E-state index is -0.213. The van der Waals surface area contributed by atoms with E-state index in [2.05, 4.69) is 33.0 Å². The highest BCUT2D eigenvalue weighted by Gasteiger charge is 2.40. The van der Waals surface area contributed by atoms with Gasteiger partial charge in [-0.2, -0.15) is 0 Å². The standard InChI is InChI=1S/C29H31Cl2N5O2S2/c1-18(37)26-13-32-29(33(26)2)40-15-20-12-22(30)19(11-23(20)31)14-34-17-39-16-27(34)28(38)36-10-9-35(21-7-8-21)24-5-3-4-6-25(24)36/h3-6,11-13,21,27H,7-10,14-17H2,1-2H3/t27-/m0/s1. The fourth-order valence-electron chi connectivity index (χ4n) is 5.49. The van der Waals surface area contributed by atoms with Crippen LogP contribution in [-0.2, 0) is 24.1 Å². The zero-order chi connectivity index (χ0) is 28.0. The summed E-state index contributed by atoms with van der Waals surface area (Å²) in [6, 6.07) is 12.5. The Balaban J connectivity index is 1.15. The van der Waals surface area contributed by atoms with Gasteiger partial charge in [0.25, 0.3) is 0 Å². The molecule has 1 saturated heterocycles. The van der Waals surface area contributed by atoms with Crippen molar-refractivity contribution in [3.63, 3.8) is 0 Å². The van der Waals surface area contributed by atoms with Crippen LogP contribution in [0, 0.1) is 0 Å². The maximum atomic E-state index is 13.9. The molecular weight excluding hydrogens is 585 g/mol. The molecule has 2 fully saturated rings. The number of ketones is 1. The van der Waals surface area contributed by atoms with E-state index < -0.39 is 0 Å². The van der Waals surface area contributed by atoms with E-state index in [1.807, 2.05) is 30.1 Å². The van der Waals surface area contributed by atoms with Crippen molar-refractivity contribution < 1.29 is 9.59 Å². The smallest absolute Gasteiger partial charge is 0.245 e. The second-order valence-electron chi connectivity index (χ2n) is 10.5. The van der Waals surface area contributed by atoms with Crippen molar-refractivity contribution in [1.82, 2.24) is 14.5 Å². The van der Waals surface area contributed by atoms with E-state index in [1.54, 1.807) is 22.5 Å².